The van der Waals surface area contributed by atoms with Crippen molar-refractivity contribution < 1.29 is 0 Å². The van der Waals surface area contributed by atoms with Gasteiger partial charge in [0.15, 0.2) is 0 Å². The second kappa shape index (κ2) is 5.38. The standard InChI is InChI=1S/C12H18ClN/c1-3-10(8-14)7-11-5-4-9(2)6-12(11)13/h4-6,10H,3,7-8,14H2,1-2H3. The number of hydrogen-bond acceptors (Lipinski definition) is 1. The van der Waals surface area contributed by atoms with Crippen LogP contribution >= 0.6 is 11.6 Å². The molecular formula is C12H18ClN. The summed E-state index contributed by atoms with van der Waals surface area (Å²) in [6.45, 7) is 4.95. The van der Waals surface area contributed by atoms with Gasteiger partial charge in [-0.15, -0.1) is 0 Å². The van der Waals surface area contributed by atoms with Gasteiger partial charge in [0.25, 0.3) is 0 Å². The van der Waals surface area contributed by atoms with E-state index in [1.54, 1.807) is 0 Å². The Morgan fingerprint density at radius 2 is 2.14 bits per heavy atom. The van der Waals surface area contributed by atoms with Crippen molar-refractivity contribution in [1.82, 2.24) is 0 Å². The van der Waals surface area contributed by atoms with Crippen molar-refractivity contribution in [3.05, 3.63) is 34.3 Å². The van der Waals surface area contributed by atoms with Gasteiger partial charge in [0, 0.05) is 5.02 Å². The van der Waals surface area contributed by atoms with Crippen molar-refractivity contribution >= 4 is 11.6 Å². The molecule has 1 unspecified atom stereocenters. The second-order valence-corrected chi connectivity index (χ2v) is 4.22. The molecule has 1 nitrogen and oxygen atoms in total. The molecule has 1 atom stereocenters. The molecule has 0 bridgehead atoms. The summed E-state index contributed by atoms with van der Waals surface area (Å²) in [5, 5.41) is 0.872. The molecule has 0 saturated heterocycles. The Balaban J connectivity index is 2.76. The number of rotatable bonds is 4. The fourth-order valence-electron chi connectivity index (χ4n) is 1.52. The number of aryl methyl sites for hydroxylation is 1. The molecular weight excluding hydrogens is 194 g/mol. The average Bonchev–Trinajstić information content (AvgIpc) is 2.17. The van der Waals surface area contributed by atoms with Crippen molar-refractivity contribution in [2.45, 2.75) is 26.7 Å². The van der Waals surface area contributed by atoms with E-state index in [0.717, 1.165) is 24.4 Å². The van der Waals surface area contributed by atoms with Gasteiger partial charge >= 0.3 is 0 Å². The first-order chi connectivity index (χ1) is 6.67. The van der Waals surface area contributed by atoms with Gasteiger partial charge in [-0.05, 0) is 43.0 Å². The SMILES string of the molecule is CCC(CN)Cc1ccc(C)cc1Cl. The summed E-state index contributed by atoms with van der Waals surface area (Å²) in [5.41, 5.74) is 8.09. The molecule has 0 heterocycles. The first-order valence-corrected chi connectivity index (χ1v) is 5.50. The van der Waals surface area contributed by atoms with Crippen LogP contribution in [0, 0.1) is 12.8 Å². The van der Waals surface area contributed by atoms with Crippen molar-refractivity contribution in [2.24, 2.45) is 11.7 Å². The van der Waals surface area contributed by atoms with Crippen molar-refractivity contribution in [3.63, 3.8) is 0 Å². The maximum Gasteiger partial charge on any atom is 0.0440 e. The van der Waals surface area contributed by atoms with Gasteiger partial charge in [-0.3, -0.25) is 0 Å². The van der Waals surface area contributed by atoms with E-state index >= 15 is 0 Å². The van der Waals surface area contributed by atoms with E-state index < -0.39 is 0 Å². The van der Waals surface area contributed by atoms with Gasteiger partial charge in [0.2, 0.25) is 0 Å². The molecule has 0 amide bonds. The zero-order valence-electron chi connectivity index (χ0n) is 8.89. The van der Waals surface area contributed by atoms with Crippen LogP contribution in [-0.2, 0) is 6.42 Å². The van der Waals surface area contributed by atoms with E-state index in [2.05, 4.69) is 26.0 Å². The van der Waals surface area contributed by atoms with Gasteiger partial charge in [-0.25, -0.2) is 0 Å². The molecule has 0 aliphatic heterocycles. The van der Waals surface area contributed by atoms with Gasteiger partial charge in [0.05, 0.1) is 0 Å². The molecule has 0 spiro atoms. The summed E-state index contributed by atoms with van der Waals surface area (Å²) in [6, 6.07) is 6.22. The normalized spacial score (nSPS) is 12.9. The van der Waals surface area contributed by atoms with Crippen LogP contribution in [0.4, 0.5) is 0 Å². The zero-order valence-corrected chi connectivity index (χ0v) is 9.64. The highest BCUT2D eigenvalue weighted by Crippen LogP contribution is 2.21. The number of hydrogen-bond donors (Lipinski definition) is 1. The molecule has 2 heteroatoms. The fourth-order valence-corrected chi connectivity index (χ4v) is 1.84. The molecule has 1 aromatic carbocycles. The first kappa shape index (κ1) is 11.5. The van der Waals surface area contributed by atoms with Crippen LogP contribution < -0.4 is 5.73 Å². The summed E-state index contributed by atoms with van der Waals surface area (Å²) in [5.74, 6) is 0.551. The Morgan fingerprint density at radius 1 is 1.43 bits per heavy atom. The molecule has 0 radical (unpaired) electrons. The average molecular weight is 212 g/mol. The zero-order chi connectivity index (χ0) is 10.6. The summed E-state index contributed by atoms with van der Waals surface area (Å²) in [7, 11) is 0. The number of halogens is 1. The smallest absolute Gasteiger partial charge is 0.0440 e. The third kappa shape index (κ3) is 3.00. The minimum atomic E-state index is 0.551. The van der Waals surface area contributed by atoms with Gasteiger partial charge in [-0.1, -0.05) is 37.1 Å². The molecule has 0 fully saturated rings. The van der Waals surface area contributed by atoms with Crippen LogP contribution in [0.1, 0.15) is 24.5 Å². The predicted molar refractivity (Wildman–Crippen MR) is 62.7 cm³/mol. The topological polar surface area (TPSA) is 26.0 Å². The third-order valence-electron chi connectivity index (χ3n) is 2.63. The van der Waals surface area contributed by atoms with E-state index in [1.165, 1.54) is 11.1 Å². The maximum atomic E-state index is 6.15. The Kier molecular flexibility index (Phi) is 4.43. The van der Waals surface area contributed by atoms with Crippen LogP contribution in [0.5, 0.6) is 0 Å². The molecule has 2 N–H and O–H groups in total. The molecule has 14 heavy (non-hydrogen) atoms. The largest absolute Gasteiger partial charge is 0.330 e. The highest BCUT2D eigenvalue weighted by molar-refractivity contribution is 6.31. The first-order valence-electron chi connectivity index (χ1n) is 5.12. The van der Waals surface area contributed by atoms with Crippen LogP contribution in [0.2, 0.25) is 5.02 Å². The molecule has 78 valence electrons. The lowest BCUT2D eigenvalue weighted by molar-refractivity contribution is 0.519. The Morgan fingerprint density at radius 3 is 2.64 bits per heavy atom. The summed E-state index contributed by atoms with van der Waals surface area (Å²) >= 11 is 6.15. The summed E-state index contributed by atoms with van der Waals surface area (Å²) in [6.07, 6.45) is 2.10. The minimum Gasteiger partial charge on any atom is -0.330 e. The van der Waals surface area contributed by atoms with Gasteiger partial charge < -0.3 is 5.73 Å². The fraction of sp³-hybridized carbons (Fsp3) is 0.500. The molecule has 1 aromatic rings. The Hall–Kier alpha value is -0.530. The lowest BCUT2D eigenvalue weighted by Gasteiger charge is -2.13. The lowest BCUT2D eigenvalue weighted by atomic mass is 9.96. The van der Waals surface area contributed by atoms with Crippen LogP contribution in [0.15, 0.2) is 18.2 Å². The van der Waals surface area contributed by atoms with E-state index in [4.69, 9.17) is 17.3 Å². The highest BCUT2D eigenvalue weighted by Gasteiger charge is 2.07. The Labute approximate surface area is 91.3 Å². The second-order valence-electron chi connectivity index (χ2n) is 3.81. The van der Waals surface area contributed by atoms with Crippen LogP contribution in [-0.4, -0.2) is 6.54 Å². The molecule has 0 aliphatic rings. The predicted octanol–water partition coefficient (Wildman–Crippen LogP) is 3.18. The van der Waals surface area contributed by atoms with Crippen molar-refractivity contribution in [1.29, 1.82) is 0 Å². The summed E-state index contributed by atoms with van der Waals surface area (Å²) in [4.78, 5) is 0. The monoisotopic (exact) mass is 211 g/mol. The Bertz CT molecular complexity index is 292. The van der Waals surface area contributed by atoms with E-state index in [0.29, 0.717) is 5.92 Å². The van der Waals surface area contributed by atoms with Crippen LogP contribution in [0.25, 0.3) is 0 Å². The number of nitrogens with two attached hydrogens (primary N) is 1. The minimum absolute atomic E-state index is 0.551. The van der Waals surface area contributed by atoms with E-state index in [1.807, 2.05) is 6.07 Å². The lowest BCUT2D eigenvalue weighted by Crippen LogP contribution is -2.16. The molecule has 0 aliphatic carbocycles. The quantitative estimate of drug-likeness (QED) is 0.814. The van der Waals surface area contributed by atoms with Gasteiger partial charge in [0.1, 0.15) is 0 Å². The maximum absolute atomic E-state index is 6.15. The van der Waals surface area contributed by atoms with E-state index in [9.17, 15) is 0 Å². The van der Waals surface area contributed by atoms with Crippen molar-refractivity contribution in [3.8, 4) is 0 Å². The van der Waals surface area contributed by atoms with Crippen LogP contribution in [0.3, 0.4) is 0 Å². The molecule has 1 rings (SSSR count). The highest BCUT2D eigenvalue weighted by atomic mass is 35.5. The summed E-state index contributed by atoms with van der Waals surface area (Å²) < 4.78 is 0. The third-order valence-corrected chi connectivity index (χ3v) is 2.98. The van der Waals surface area contributed by atoms with E-state index in [-0.39, 0.29) is 0 Å². The van der Waals surface area contributed by atoms with Gasteiger partial charge in [-0.2, -0.15) is 0 Å². The van der Waals surface area contributed by atoms with Crippen molar-refractivity contribution in [2.75, 3.05) is 6.54 Å². The number of benzene rings is 1. The molecule has 0 saturated carbocycles. The molecule has 0 aromatic heterocycles.